The number of carbonyl (C=O) groups excluding carboxylic acids is 1. The maximum atomic E-state index is 12.7. The predicted octanol–water partition coefficient (Wildman–Crippen LogP) is 4.63. The van der Waals surface area contributed by atoms with E-state index in [-0.39, 0.29) is 5.97 Å². The summed E-state index contributed by atoms with van der Waals surface area (Å²) in [5.41, 5.74) is 2.59. The number of hydrogen-bond acceptors (Lipinski definition) is 6. The van der Waals surface area contributed by atoms with Crippen molar-refractivity contribution < 1.29 is 33.0 Å². The van der Waals surface area contributed by atoms with E-state index in [1.165, 1.54) is 16.5 Å². The summed E-state index contributed by atoms with van der Waals surface area (Å²) in [6.45, 7) is 4.46. The molecule has 1 fully saturated rings. The maximum absolute atomic E-state index is 12.7. The number of ether oxygens (including phenoxy) is 5. The molecule has 2 atom stereocenters. The van der Waals surface area contributed by atoms with Gasteiger partial charge in [-0.1, -0.05) is 0 Å². The van der Waals surface area contributed by atoms with Crippen molar-refractivity contribution in [2.75, 3.05) is 48.1 Å². The molecule has 0 unspecified atom stereocenters. The SMILES string of the molecule is CCOC(=O)C[N@+]12CCC[C@H]1Cc1c(c3cc(OC)c(OC)cc3c3cc(OC)c(OC)cc13)C2. The van der Waals surface area contributed by atoms with Gasteiger partial charge < -0.3 is 28.2 Å². The van der Waals surface area contributed by atoms with Crippen LogP contribution in [-0.2, 0) is 22.5 Å². The van der Waals surface area contributed by atoms with Crippen LogP contribution in [0.2, 0.25) is 0 Å². The lowest BCUT2D eigenvalue weighted by Gasteiger charge is -2.44. The number of fused-ring (bicyclic) bond motifs is 7. The van der Waals surface area contributed by atoms with E-state index in [1.807, 2.05) is 6.92 Å². The lowest BCUT2D eigenvalue weighted by atomic mass is 9.83. The van der Waals surface area contributed by atoms with Crippen molar-refractivity contribution in [3.05, 3.63) is 35.4 Å². The highest BCUT2D eigenvalue weighted by Gasteiger charge is 2.48. The zero-order chi connectivity index (χ0) is 24.7. The molecule has 0 N–H and O–H groups in total. The average molecular weight is 481 g/mol. The molecule has 0 saturated carbocycles. The molecule has 3 aromatic rings. The molecule has 7 nitrogen and oxygen atoms in total. The Morgan fingerprint density at radius 3 is 1.86 bits per heavy atom. The van der Waals surface area contributed by atoms with Crippen molar-refractivity contribution in [2.45, 2.75) is 38.8 Å². The summed E-state index contributed by atoms with van der Waals surface area (Å²) in [6.07, 6.45) is 3.13. The van der Waals surface area contributed by atoms with Crippen LogP contribution in [-0.4, -0.2) is 64.6 Å². The van der Waals surface area contributed by atoms with Crippen LogP contribution in [0, 0.1) is 0 Å². The van der Waals surface area contributed by atoms with Crippen LogP contribution in [0.4, 0.5) is 0 Å². The van der Waals surface area contributed by atoms with Gasteiger partial charge in [-0.25, -0.2) is 4.79 Å². The monoisotopic (exact) mass is 480 g/mol. The predicted molar refractivity (Wildman–Crippen MR) is 135 cm³/mol. The molecule has 186 valence electrons. The second-order valence-corrected chi connectivity index (χ2v) is 9.53. The minimum Gasteiger partial charge on any atom is -0.493 e. The van der Waals surface area contributed by atoms with Crippen LogP contribution in [0.1, 0.15) is 30.9 Å². The van der Waals surface area contributed by atoms with Crippen molar-refractivity contribution in [1.82, 2.24) is 0 Å². The Balaban J connectivity index is 1.81. The minimum absolute atomic E-state index is 0.112. The Hall–Kier alpha value is -3.19. The van der Waals surface area contributed by atoms with Crippen LogP contribution in [0.5, 0.6) is 23.0 Å². The Kier molecular flexibility index (Phi) is 6.13. The Bertz CT molecular complexity index is 1300. The first kappa shape index (κ1) is 23.5. The summed E-state index contributed by atoms with van der Waals surface area (Å²) in [5.74, 6) is 2.67. The number of methoxy groups -OCH3 is 4. The molecule has 35 heavy (non-hydrogen) atoms. The lowest BCUT2D eigenvalue weighted by Crippen LogP contribution is -2.57. The summed E-state index contributed by atoms with van der Waals surface area (Å²) in [4.78, 5) is 12.7. The largest absolute Gasteiger partial charge is 0.493 e. The first-order chi connectivity index (χ1) is 17.0. The van der Waals surface area contributed by atoms with Gasteiger partial charge in [-0.2, -0.15) is 0 Å². The van der Waals surface area contributed by atoms with Gasteiger partial charge in [-0.3, -0.25) is 0 Å². The fourth-order valence-electron chi connectivity index (χ4n) is 6.32. The first-order valence-corrected chi connectivity index (χ1v) is 12.2. The second-order valence-electron chi connectivity index (χ2n) is 9.53. The van der Waals surface area contributed by atoms with E-state index in [0.717, 1.165) is 53.0 Å². The van der Waals surface area contributed by atoms with Gasteiger partial charge >= 0.3 is 5.97 Å². The summed E-state index contributed by atoms with van der Waals surface area (Å²) >= 11 is 0. The third-order valence-electron chi connectivity index (χ3n) is 7.93. The van der Waals surface area contributed by atoms with E-state index in [0.29, 0.717) is 42.2 Å². The molecule has 2 heterocycles. The highest BCUT2D eigenvalue weighted by Crippen LogP contribution is 2.48. The van der Waals surface area contributed by atoms with Crippen molar-refractivity contribution >= 4 is 27.5 Å². The Labute approximate surface area is 206 Å². The minimum atomic E-state index is -0.112. The molecule has 0 aliphatic carbocycles. The fourth-order valence-corrected chi connectivity index (χ4v) is 6.32. The third-order valence-corrected chi connectivity index (χ3v) is 7.93. The first-order valence-electron chi connectivity index (χ1n) is 12.2. The lowest BCUT2D eigenvalue weighted by molar-refractivity contribution is -0.947. The number of carbonyl (C=O) groups is 1. The molecule has 0 radical (unpaired) electrons. The Morgan fingerprint density at radius 1 is 0.829 bits per heavy atom. The van der Waals surface area contributed by atoms with E-state index in [1.54, 1.807) is 28.4 Å². The molecule has 7 heteroatoms. The van der Waals surface area contributed by atoms with Gasteiger partial charge in [0.15, 0.2) is 29.5 Å². The number of rotatable bonds is 7. The fraction of sp³-hybridized carbons (Fsp3) is 0.464. The average Bonchev–Trinajstić information content (AvgIpc) is 3.28. The van der Waals surface area contributed by atoms with Crippen molar-refractivity contribution in [1.29, 1.82) is 0 Å². The van der Waals surface area contributed by atoms with E-state index in [9.17, 15) is 4.79 Å². The molecule has 0 amide bonds. The quantitative estimate of drug-likeness (QED) is 0.279. The molecular formula is C28H34NO6+. The van der Waals surface area contributed by atoms with E-state index < -0.39 is 0 Å². The molecule has 5 rings (SSSR count). The third kappa shape index (κ3) is 3.73. The molecule has 0 aromatic heterocycles. The summed E-state index contributed by atoms with van der Waals surface area (Å²) in [6, 6.07) is 8.69. The summed E-state index contributed by atoms with van der Waals surface area (Å²) in [5, 5.41) is 4.47. The zero-order valence-electron chi connectivity index (χ0n) is 21.2. The highest BCUT2D eigenvalue weighted by molar-refractivity contribution is 6.12. The molecule has 2 aliphatic heterocycles. The van der Waals surface area contributed by atoms with Crippen LogP contribution >= 0.6 is 0 Å². The van der Waals surface area contributed by atoms with Gasteiger partial charge in [0.2, 0.25) is 0 Å². The molecular weight excluding hydrogens is 446 g/mol. The molecule has 1 saturated heterocycles. The number of hydrogen-bond donors (Lipinski definition) is 0. The van der Waals surface area contributed by atoms with E-state index in [2.05, 4.69) is 24.3 Å². The molecule has 3 aromatic carbocycles. The van der Waals surface area contributed by atoms with E-state index in [4.69, 9.17) is 23.7 Å². The number of esters is 1. The second kappa shape index (κ2) is 9.11. The van der Waals surface area contributed by atoms with E-state index >= 15 is 0 Å². The summed E-state index contributed by atoms with van der Waals surface area (Å²) < 4.78 is 28.8. The molecule has 0 spiro atoms. The van der Waals surface area contributed by atoms with Crippen LogP contribution < -0.4 is 18.9 Å². The van der Waals surface area contributed by atoms with Crippen LogP contribution in [0.3, 0.4) is 0 Å². The summed E-state index contributed by atoms with van der Waals surface area (Å²) in [7, 11) is 6.65. The van der Waals surface area contributed by atoms with Crippen molar-refractivity contribution in [2.24, 2.45) is 0 Å². The smallest absolute Gasteiger partial charge is 0.361 e. The normalized spacial score (nSPS) is 20.9. The van der Waals surface area contributed by atoms with Crippen LogP contribution in [0.15, 0.2) is 24.3 Å². The molecule has 2 aliphatic rings. The number of benzene rings is 3. The van der Waals surface area contributed by atoms with Gasteiger partial charge in [0.25, 0.3) is 0 Å². The van der Waals surface area contributed by atoms with Crippen molar-refractivity contribution in [3.8, 4) is 23.0 Å². The maximum Gasteiger partial charge on any atom is 0.361 e. The number of nitrogens with zero attached hydrogens (tertiary/aromatic N) is 1. The highest BCUT2D eigenvalue weighted by atomic mass is 16.5. The van der Waals surface area contributed by atoms with Crippen LogP contribution in [0.25, 0.3) is 21.5 Å². The topological polar surface area (TPSA) is 63.2 Å². The Morgan fingerprint density at radius 2 is 1.34 bits per heavy atom. The number of quaternary nitrogens is 1. The molecule has 0 bridgehead atoms. The zero-order valence-corrected chi connectivity index (χ0v) is 21.2. The van der Waals surface area contributed by atoms with Gasteiger partial charge in [-0.05, 0) is 58.3 Å². The van der Waals surface area contributed by atoms with Gasteiger partial charge in [0, 0.05) is 24.8 Å². The van der Waals surface area contributed by atoms with Crippen molar-refractivity contribution in [3.63, 3.8) is 0 Å². The van der Waals surface area contributed by atoms with Gasteiger partial charge in [-0.15, -0.1) is 0 Å². The van der Waals surface area contributed by atoms with Gasteiger partial charge in [0.1, 0.15) is 6.54 Å². The standard InChI is InChI=1S/C28H34NO6/c1-6-35-28(30)16-29-9-7-8-17(29)10-18-19-11-24(31-2)25(32-3)12-20(19)21-13-26(33-4)27(34-5)14-22(21)23(18)15-29/h11-14,17H,6-10,15-16H2,1-5H3/q+1/t17-,29+/m0/s1. The van der Waals surface area contributed by atoms with Gasteiger partial charge in [0.05, 0.1) is 47.6 Å².